The van der Waals surface area contributed by atoms with E-state index >= 15 is 0 Å². The maximum Gasteiger partial charge on any atom is 0.309 e. The zero-order valence-electron chi connectivity index (χ0n) is 22.4. The van der Waals surface area contributed by atoms with Crippen molar-refractivity contribution in [3.05, 3.63) is 24.3 Å². The molecule has 0 heterocycles. The molecule has 188 valence electrons. The number of ketones is 1. The molecule has 0 aromatic rings. The van der Waals surface area contributed by atoms with Crippen LogP contribution in [0.2, 0.25) is 0 Å². The van der Waals surface area contributed by atoms with Crippen LogP contribution in [0.15, 0.2) is 24.3 Å². The number of carboxylic acid groups (broad SMARTS) is 1. The molecular weight excluding hydrogens is 420 g/mol. The molecule has 0 amide bonds. The predicted octanol–water partition coefficient (Wildman–Crippen LogP) is 7.46. The summed E-state index contributed by atoms with van der Waals surface area (Å²) in [6, 6.07) is 0. The van der Waals surface area contributed by atoms with Crippen molar-refractivity contribution in [3.8, 4) is 0 Å². The molecule has 0 aromatic carbocycles. The van der Waals surface area contributed by atoms with E-state index in [-0.39, 0.29) is 33.4 Å². The second-order valence-corrected chi connectivity index (χ2v) is 14.5. The molecule has 5 fully saturated rings. The number of aliphatic carboxylic acids is 1. The average Bonchev–Trinajstić information content (AvgIpc) is 3.14. The third kappa shape index (κ3) is 2.65. The van der Waals surface area contributed by atoms with Crippen LogP contribution in [0.1, 0.15) is 99.3 Å². The highest BCUT2D eigenvalue weighted by atomic mass is 16.4. The predicted molar refractivity (Wildman–Crippen MR) is 136 cm³/mol. The molecule has 0 spiro atoms. The van der Waals surface area contributed by atoms with Gasteiger partial charge in [-0.3, -0.25) is 9.59 Å². The van der Waals surface area contributed by atoms with E-state index in [9.17, 15) is 14.7 Å². The van der Waals surface area contributed by atoms with Gasteiger partial charge in [0.15, 0.2) is 5.78 Å². The van der Waals surface area contributed by atoms with Crippen molar-refractivity contribution >= 4 is 11.8 Å². The fourth-order valence-corrected chi connectivity index (χ4v) is 11.5. The molecule has 0 bridgehead atoms. The number of fused-ring (bicyclic) bond motifs is 7. The molecule has 2 unspecified atom stereocenters. The number of Topliss-reactive ketones (excluding diaryl/α,β-unsaturated/α-hetero) is 1. The van der Waals surface area contributed by atoms with Crippen molar-refractivity contribution in [2.75, 3.05) is 0 Å². The Balaban J connectivity index is 1.59. The van der Waals surface area contributed by atoms with E-state index in [0.717, 1.165) is 63.4 Å². The van der Waals surface area contributed by atoms with Crippen molar-refractivity contribution in [3.63, 3.8) is 0 Å². The Labute approximate surface area is 206 Å². The lowest BCUT2D eigenvalue weighted by Gasteiger charge is -2.72. The first-order valence-electron chi connectivity index (χ1n) is 13.8. The van der Waals surface area contributed by atoms with Crippen LogP contribution in [0.4, 0.5) is 0 Å². The molecule has 34 heavy (non-hydrogen) atoms. The normalized spacial score (nSPS) is 51.6. The van der Waals surface area contributed by atoms with Gasteiger partial charge in [0.05, 0.1) is 5.41 Å². The second-order valence-electron chi connectivity index (χ2n) is 14.5. The van der Waals surface area contributed by atoms with Crippen LogP contribution in [-0.2, 0) is 9.59 Å². The van der Waals surface area contributed by atoms with Crippen LogP contribution in [-0.4, -0.2) is 16.9 Å². The largest absolute Gasteiger partial charge is 0.481 e. The first kappa shape index (κ1) is 24.3. The van der Waals surface area contributed by atoms with Crippen molar-refractivity contribution in [1.82, 2.24) is 0 Å². The zero-order chi connectivity index (χ0) is 25.1. The molecule has 0 aliphatic heterocycles. The van der Waals surface area contributed by atoms with Gasteiger partial charge in [0.1, 0.15) is 0 Å². The number of rotatable bonds is 2. The smallest absolute Gasteiger partial charge is 0.309 e. The summed E-state index contributed by atoms with van der Waals surface area (Å²) in [5.74, 6) is 1.64. The van der Waals surface area contributed by atoms with Crippen LogP contribution in [0, 0.1) is 56.7 Å². The van der Waals surface area contributed by atoms with Crippen LogP contribution in [0.25, 0.3) is 0 Å². The van der Waals surface area contributed by atoms with Gasteiger partial charge in [0, 0.05) is 5.41 Å². The Morgan fingerprint density at radius 1 is 0.912 bits per heavy atom. The molecule has 3 nitrogen and oxygen atoms in total. The molecule has 1 N–H and O–H groups in total. The molecule has 0 aromatic heterocycles. The molecule has 5 aliphatic rings. The highest BCUT2D eigenvalue weighted by Crippen LogP contribution is 2.77. The lowest BCUT2D eigenvalue weighted by atomic mass is 9.32. The standard InChI is InChI=1S/C31H46O3/c1-18(2)20-11-14-31(26(33)34)16-15-29(7)21(24(20)31)9-10-23-28(6)17-19(3)25(32)27(4,5)22(28)12-13-30(23,29)8/h20-24H,1,3,9-17H2,2,4-8H3,(H,33,34)/t20-,21?,22?,23+,24+,28-,29+,30+,31-/m0/s1. The first-order valence-corrected chi connectivity index (χ1v) is 13.8. The number of carboxylic acids is 1. The van der Waals surface area contributed by atoms with E-state index in [0.29, 0.717) is 23.7 Å². The van der Waals surface area contributed by atoms with Crippen molar-refractivity contribution < 1.29 is 14.7 Å². The summed E-state index contributed by atoms with van der Waals surface area (Å²) in [6.07, 6.45) is 8.96. The Morgan fingerprint density at radius 2 is 1.59 bits per heavy atom. The quantitative estimate of drug-likeness (QED) is 0.339. The van der Waals surface area contributed by atoms with Gasteiger partial charge in [-0.25, -0.2) is 0 Å². The summed E-state index contributed by atoms with van der Waals surface area (Å²) < 4.78 is 0. The topological polar surface area (TPSA) is 54.4 Å². The number of carbonyl (C=O) groups excluding carboxylic acids is 1. The number of hydrogen-bond donors (Lipinski definition) is 1. The van der Waals surface area contributed by atoms with Gasteiger partial charge >= 0.3 is 5.97 Å². The highest BCUT2D eigenvalue weighted by molar-refractivity contribution is 6.00. The van der Waals surface area contributed by atoms with Gasteiger partial charge < -0.3 is 5.11 Å². The summed E-state index contributed by atoms with van der Waals surface area (Å²) in [6.45, 7) is 22.6. The minimum Gasteiger partial charge on any atom is -0.481 e. The fraction of sp³-hybridized carbons (Fsp3) is 0.806. The Bertz CT molecular complexity index is 975. The molecule has 0 saturated heterocycles. The van der Waals surface area contributed by atoms with Crippen molar-refractivity contribution in [2.45, 2.75) is 99.3 Å². The number of allylic oxidation sites excluding steroid dienone is 2. The number of carbonyl (C=O) groups is 2. The summed E-state index contributed by atoms with van der Waals surface area (Å²) >= 11 is 0. The minimum atomic E-state index is -0.564. The molecule has 5 saturated carbocycles. The summed E-state index contributed by atoms with van der Waals surface area (Å²) in [5, 5.41) is 10.5. The third-order valence-corrected chi connectivity index (χ3v) is 13.1. The van der Waals surface area contributed by atoms with E-state index < -0.39 is 11.4 Å². The monoisotopic (exact) mass is 466 g/mol. The van der Waals surface area contributed by atoms with Crippen molar-refractivity contribution in [2.24, 2.45) is 56.7 Å². The van der Waals surface area contributed by atoms with E-state index in [1.54, 1.807) is 0 Å². The lowest BCUT2D eigenvalue weighted by molar-refractivity contribution is -0.231. The Morgan fingerprint density at radius 3 is 2.21 bits per heavy atom. The first-order chi connectivity index (χ1) is 15.7. The lowest BCUT2D eigenvalue weighted by Crippen LogP contribution is -2.66. The van der Waals surface area contributed by atoms with Gasteiger partial charge in [0.2, 0.25) is 0 Å². The van der Waals surface area contributed by atoms with Gasteiger partial charge in [-0.2, -0.15) is 0 Å². The fourth-order valence-electron chi connectivity index (χ4n) is 11.5. The molecule has 9 atom stereocenters. The molecule has 5 aliphatic carbocycles. The van der Waals surface area contributed by atoms with E-state index in [1.807, 2.05) is 0 Å². The molecule has 5 rings (SSSR count). The SMILES string of the molecule is C=C1C[C@@]2(C)C(CC[C@]3(C)[C@@H]2CCC2[C@H]4[C@H](C(=C)C)CC[C@]4(C(=O)O)CC[C@]23C)C(C)(C)C1=O. The molecule has 0 radical (unpaired) electrons. The van der Waals surface area contributed by atoms with Crippen LogP contribution in [0.5, 0.6) is 0 Å². The van der Waals surface area contributed by atoms with Crippen LogP contribution < -0.4 is 0 Å². The number of hydrogen-bond acceptors (Lipinski definition) is 2. The zero-order valence-corrected chi connectivity index (χ0v) is 22.4. The summed E-state index contributed by atoms with van der Waals surface area (Å²) in [7, 11) is 0. The third-order valence-electron chi connectivity index (χ3n) is 13.1. The van der Waals surface area contributed by atoms with Gasteiger partial charge in [-0.1, -0.05) is 53.3 Å². The van der Waals surface area contributed by atoms with Gasteiger partial charge in [-0.15, -0.1) is 0 Å². The Kier molecular flexibility index (Phi) is 5.08. The minimum absolute atomic E-state index is 0.0836. The summed E-state index contributed by atoms with van der Waals surface area (Å²) in [4.78, 5) is 25.9. The van der Waals surface area contributed by atoms with E-state index in [2.05, 4.69) is 54.7 Å². The van der Waals surface area contributed by atoms with E-state index in [1.165, 1.54) is 5.57 Å². The molecular formula is C31H46O3. The highest BCUT2D eigenvalue weighted by Gasteiger charge is 2.72. The maximum atomic E-state index is 13.1. The van der Waals surface area contributed by atoms with Crippen LogP contribution in [0.3, 0.4) is 0 Å². The van der Waals surface area contributed by atoms with Gasteiger partial charge in [0.25, 0.3) is 0 Å². The molecule has 3 heteroatoms. The maximum absolute atomic E-state index is 13.1. The van der Waals surface area contributed by atoms with E-state index in [4.69, 9.17) is 0 Å². The summed E-state index contributed by atoms with van der Waals surface area (Å²) in [5.41, 5.74) is 1.47. The van der Waals surface area contributed by atoms with Gasteiger partial charge in [-0.05, 0) is 116 Å². The van der Waals surface area contributed by atoms with Crippen molar-refractivity contribution in [1.29, 1.82) is 0 Å². The Hall–Kier alpha value is -1.38. The van der Waals surface area contributed by atoms with Crippen LogP contribution >= 0.6 is 0 Å². The average molecular weight is 467 g/mol. The second kappa shape index (κ2) is 7.10.